The molecule has 0 radical (unpaired) electrons. The summed E-state index contributed by atoms with van der Waals surface area (Å²) in [6, 6.07) is 6.64. The van der Waals surface area contributed by atoms with Crippen LogP contribution in [0, 0.1) is 6.92 Å². The van der Waals surface area contributed by atoms with Crippen molar-refractivity contribution < 1.29 is 4.79 Å². The second kappa shape index (κ2) is 6.86. The van der Waals surface area contributed by atoms with E-state index in [1.807, 2.05) is 24.0 Å². The number of aryl methyl sites for hydroxylation is 1. The second-order valence-electron chi connectivity index (χ2n) is 6.34. The summed E-state index contributed by atoms with van der Waals surface area (Å²) in [7, 11) is 3.59. The zero-order chi connectivity index (χ0) is 17.1. The third kappa shape index (κ3) is 3.47. The summed E-state index contributed by atoms with van der Waals surface area (Å²) < 4.78 is 1.66. The molecule has 1 aromatic carbocycles. The Labute approximate surface area is 141 Å². The Morgan fingerprint density at radius 2 is 2.04 bits per heavy atom. The molecule has 0 unspecified atom stereocenters. The van der Waals surface area contributed by atoms with Gasteiger partial charge in [-0.05, 0) is 54.0 Å². The molecule has 0 aliphatic carbocycles. The molecule has 1 saturated heterocycles. The van der Waals surface area contributed by atoms with E-state index in [0.29, 0.717) is 6.04 Å². The lowest BCUT2D eigenvalue weighted by molar-refractivity contribution is 0.158. The molecular weight excluding hydrogens is 306 g/mol. The van der Waals surface area contributed by atoms with Gasteiger partial charge in [-0.1, -0.05) is 0 Å². The van der Waals surface area contributed by atoms with E-state index in [9.17, 15) is 4.79 Å². The van der Waals surface area contributed by atoms with Crippen molar-refractivity contribution in [3.05, 3.63) is 30.1 Å². The molecule has 2 aromatic rings. The number of amides is 2. The van der Waals surface area contributed by atoms with E-state index in [4.69, 9.17) is 0 Å². The van der Waals surface area contributed by atoms with E-state index in [2.05, 4.69) is 26.9 Å². The molecule has 2 heterocycles. The maximum absolute atomic E-state index is 12.0. The van der Waals surface area contributed by atoms with E-state index >= 15 is 0 Å². The predicted octanol–water partition coefficient (Wildman–Crippen LogP) is 1.53. The number of aromatic nitrogens is 4. The first kappa shape index (κ1) is 16.2. The van der Waals surface area contributed by atoms with Crippen molar-refractivity contribution in [2.24, 2.45) is 0 Å². The molecule has 8 nitrogen and oxygen atoms in total. The maximum atomic E-state index is 12.0. The van der Waals surface area contributed by atoms with E-state index in [1.165, 1.54) is 0 Å². The van der Waals surface area contributed by atoms with E-state index in [0.717, 1.165) is 42.9 Å². The molecule has 1 aromatic heterocycles. The van der Waals surface area contributed by atoms with Crippen LogP contribution in [0.5, 0.6) is 0 Å². The molecule has 1 aliphatic heterocycles. The minimum absolute atomic E-state index is 0.0927. The second-order valence-corrected chi connectivity index (χ2v) is 6.34. The van der Waals surface area contributed by atoms with Crippen molar-refractivity contribution in [3.8, 4) is 5.69 Å². The van der Waals surface area contributed by atoms with Crippen LogP contribution in [0.25, 0.3) is 5.69 Å². The summed E-state index contributed by atoms with van der Waals surface area (Å²) in [4.78, 5) is 15.5. The quantitative estimate of drug-likeness (QED) is 0.924. The summed E-state index contributed by atoms with van der Waals surface area (Å²) in [5.74, 6) is 0. The zero-order valence-electron chi connectivity index (χ0n) is 14.3. The molecule has 1 N–H and O–H groups in total. The van der Waals surface area contributed by atoms with Crippen LogP contribution in [-0.4, -0.2) is 69.3 Å². The summed E-state index contributed by atoms with van der Waals surface area (Å²) >= 11 is 0. The molecule has 8 heteroatoms. The number of carbonyl (C=O) groups excluding carboxylic acids is 1. The van der Waals surface area contributed by atoms with Gasteiger partial charge in [-0.3, -0.25) is 0 Å². The van der Waals surface area contributed by atoms with Gasteiger partial charge in [0.1, 0.15) is 6.33 Å². The molecule has 0 atom stereocenters. The number of carbonyl (C=O) groups is 1. The molecule has 2 amide bonds. The minimum atomic E-state index is 0.0927. The third-order valence-electron chi connectivity index (χ3n) is 4.31. The summed E-state index contributed by atoms with van der Waals surface area (Å²) in [6.07, 6.45) is 3.49. The number of likely N-dealkylation sites (tertiary alicyclic amines) is 1. The average molecular weight is 329 g/mol. The normalized spacial score (nSPS) is 15.4. The molecule has 0 bridgehead atoms. The van der Waals surface area contributed by atoms with Crippen molar-refractivity contribution in [3.63, 3.8) is 0 Å². The zero-order valence-corrected chi connectivity index (χ0v) is 14.3. The maximum Gasteiger partial charge on any atom is 0.319 e. The van der Waals surface area contributed by atoms with Crippen molar-refractivity contribution in [1.29, 1.82) is 0 Å². The summed E-state index contributed by atoms with van der Waals surface area (Å²) in [5, 5.41) is 14.8. The fourth-order valence-electron chi connectivity index (χ4n) is 3.01. The van der Waals surface area contributed by atoms with Crippen LogP contribution in [0.15, 0.2) is 24.5 Å². The summed E-state index contributed by atoms with van der Waals surface area (Å²) in [5.41, 5.74) is 3.16. The van der Waals surface area contributed by atoms with Gasteiger partial charge in [-0.15, -0.1) is 5.10 Å². The topological polar surface area (TPSA) is 79.2 Å². The van der Waals surface area contributed by atoms with Crippen LogP contribution < -0.4 is 5.32 Å². The number of hydrogen-bond donors (Lipinski definition) is 1. The van der Waals surface area contributed by atoms with Gasteiger partial charge in [0.05, 0.1) is 5.69 Å². The number of nitrogens with one attached hydrogen (secondary N) is 1. The van der Waals surface area contributed by atoms with Crippen LogP contribution in [0.1, 0.15) is 18.4 Å². The highest BCUT2D eigenvalue weighted by Crippen LogP contribution is 2.21. The third-order valence-corrected chi connectivity index (χ3v) is 4.31. The Bertz CT molecular complexity index is 690. The first-order valence-electron chi connectivity index (χ1n) is 8.11. The Balaban J connectivity index is 1.60. The lowest BCUT2D eigenvalue weighted by Gasteiger charge is -2.34. The molecule has 128 valence electrons. The highest BCUT2D eigenvalue weighted by atomic mass is 16.2. The number of anilines is 1. The highest BCUT2D eigenvalue weighted by molar-refractivity contribution is 5.73. The Kier molecular flexibility index (Phi) is 4.64. The van der Waals surface area contributed by atoms with Crippen LogP contribution in [-0.2, 0) is 0 Å². The van der Waals surface area contributed by atoms with E-state index in [-0.39, 0.29) is 6.03 Å². The van der Waals surface area contributed by atoms with Gasteiger partial charge < -0.3 is 15.1 Å². The Hall–Kier alpha value is -2.64. The van der Waals surface area contributed by atoms with Gasteiger partial charge in [0, 0.05) is 38.9 Å². The number of piperidine rings is 1. The molecule has 1 aliphatic rings. The molecule has 24 heavy (non-hydrogen) atoms. The Morgan fingerprint density at radius 1 is 1.29 bits per heavy atom. The summed E-state index contributed by atoms with van der Waals surface area (Å²) in [6.45, 7) is 3.62. The molecule has 3 rings (SSSR count). The SMILES string of the molecule is Cc1cc(NC2CCN(C(=O)N(C)C)CC2)ccc1-n1cnnn1. The highest BCUT2D eigenvalue weighted by Gasteiger charge is 2.23. The standard InChI is InChI=1S/C16H23N7O/c1-12-10-14(4-5-15(12)23-11-17-19-20-23)18-13-6-8-22(9-7-13)16(24)21(2)3/h4-5,10-11,13,18H,6-9H2,1-3H3. The monoisotopic (exact) mass is 329 g/mol. The van der Waals surface area contributed by atoms with Crippen molar-refractivity contribution in [2.75, 3.05) is 32.5 Å². The molecule has 0 saturated carbocycles. The van der Waals surface area contributed by atoms with Crippen LogP contribution >= 0.6 is 0 Å². The lowest BCUT2D eigenvalue weighted by Crippen LogP contribution is -2.46. The first-order chi connectivity index (χ1) is 11.5. The number of nitrogens with zero attached hydrogens (tertiary/aromatic N) is 6. The van der Waals surface area contributed by atoms with Crippen molar-refractivity contribution >= 4 is 11.7 Å². The van der Waals surface area contributed by atoms with Crippen LogP contribution in [0.4, 0.5) is 10.5 Å². The lowest BCUT2D eigenvalue weighted by atomic mass is 10.0. The number of hydrogen-bond acceptors (Lipinski definition) is 5. The van der Waals surface area contributed by atoms with Gasteiger partial charge in [-0.25, -0.2) is 9.48 Å². The van der Waals surface area contributed by atoms with Gasteiger partial charge >= 0.3 is 6.03 Å². The fraction of sp³-hybridized carbons (Fsp3) is 0.500. The number of tetrazole rings is 1. The van der Waals surface area contributed by atoms with Gasteiger partial charge in [0.2, 0.25) is 0 Å². The van der Waals surface area contributed by atoms with Gasteiger partial charge in [0.15, 0.2) is 0 Å². The molecule has 0 spiro atoms. The number of urea groups is 1. The van der Waals surface area contributed by atoms with Crippen LogP contribution in [0.3, 0.4) is 0 Å². The van der Waals surface area contributed by atoms with Gasteiger partial charge in [-0.2, -0.15) is 0 Å². The molecule has 1 fully saturated rings. The first-order valence-corrected chi connectivity index (χ1v) is 8.11. The number of rotatable bonds is 3. The molecular formula is C16H23N7O. The predicted molar refractivity (Wildman–Crippen MR) is 91.2 cm³/mol. The van der Waals surface area contributed by atoms with Crippen LogP contribution in [0.2, 0.25) is 0 Å². The van der Waals surface area contributed by atoms with E-state index < -0.39 is 0 Å². The van der Waals surface area contributed by atoms with Gasteiger partial charge in [0.25, 0.3) is 0 Å². The number of benzene rings is 1. The van der Waals surface area contributed by atoms with Crippen molar-refractivity contribution in [2.45, 2.75) is 25.8 Å². The Morgan fingerprint density at radius 3 is 2.62 bits per heavy atom. The largest absolute Gasteiger partial charge is 0.382 e. The van der Waals surface area contributed by atoms with E-state index in [1.54, 1.807) is 30.0 Å². The average Bonchev–Trinajstić information content (AvgIpc) is 3.09. The smallest absolute Gasteiger partial charge is 0.319 e. The minimum Gasteiger partial charge on any atom is -0.382 e. The van der Waals surface area contributed by atoms with Crippen molar-refractivity contribution in [1.82, 2.24) is 30.0 Å². The fourth-order valence-corrected chi connectivity index (χ4v) is 3.01.